The third-order valence-electron chi connectivity index (χ3n) is 9.70. The molecule has 7 N–H and O–H groups in total. The van der Waals surface area contributed by atoms with Gasteiger partial charge in [-0.1, -0.05) is 42.5 Å². The molecule has 2 atom stereocenters. The lowest BCUT2D eigenvalue weighted by molar-refractivity contribution is -0.129. The molecule has 4 aromatic rings. The van der Waals surface area contributed by atoms with Gasteiger partial charge in [0, 0.05) is 48.5 Å². The van der Waals surface area contributed by atoms with Crippen LogP contribution in [0.4, 0.5) is 30.6 Å². The van der Waals surface area contributed by atoms with Crippen molar-refractivity contribution in [3.8, 4) is 0 Å². The number of likely N-dealkylation sites (tertiary alicyclic amines) is 1. The Morgan fingerprint density at radius 1 is 0.800 bits per heavy atom. The Bertz CT molecular complexity index is 2190. The van der Waals surface area contributed by atoms with E-state index >= 15 is 0 Å². The van der Waals surface area contributed by atoms with Crippen LogP contribution in [0, 0.1) is 12.8 Å². The number of hydrogen-bond acceptors (Lipinski definition) is 11. The molecule has 5 rings (SSSR count). The Hall–Kier alpha value is -7.11. The minimum atomic E-state index is -1.13. The van der Waals surface area contributed by atoms with Gasteiger partial charge in [-0.15, -0.1) is 0 Å². The van der Waals surface area contributed by atoms with Crippen molar-refractivity contribution >= 4 is 58.5 Å². The summed E-state index contributed by atoms with van der Waals surface area (Å²) in [6.07, 6.45) is -0.974. The fourth-order valence-corrected chi connectivity index (χ4v) is 6.59. The zero-order valence-electron chi connectivity index (χ0n) is 33.3. The van der Waals surface area contributed by atoms with Crippen molar-refractivity contribution in [2.75, 3.05) is 36.9 Å². The van der Waals surface area contributed by atoms with Crippen LogP contribution < -0.4 is 37.9 Å². The van der Waals surface area contributed by atoms with E-state index in [1.165, 1.54) is 17.0 Å². The molecule has 18 nitrogen and oxygen atoms in total. The average Bonchev–Trinajstić information content (AvgIpc) is 3.23. The number of piperidine rings is 1. The van der Waals surface area contributed by atoms with E-state index in [-0.39, 0.29) is 52.3 Å². The summed E-state index contributed by atoms with van der Waals surface area (Å²) in [5.41, 5.74) is 7.87. The van der Waals surface area contributed by atoms with Gasteiger partial charge < -0.3 is 50.5 Å². The van der Waals surface area contributed by atoms with E-state index in [1.807, 2.05) is 6.07 Å². The molecule has 0 saturated carbocycles. The normalized spacial score (nSPS) is 13.6. The molecule has 1 saturated heterocycles. The number of ether oxygens (including phenoxy) is 3. The molecule has 3 aromatic carbocycles. The number of nitrogens with one attached hydrogen (secondary N) is 5. The number of carbonyl (C=O) groups excluding carboxylic acids is 6. The lowest BCUT2D eigenvalue weighted by Gasteiger charge is -2.35. The number of primary amides is 1. The van der Waals surface area contributed by atoms with Crippen molar-refractivity contribution in [2.24, 2.45) is 11.7 Å². The molecule has 1 fully saturated rings. The van der Waals surface area contributed by atoms with Crippen LogP contribution in [0.2, 0.25) is 0 Å². The highest BCUT2D eigenvalue weighted by atomic mass is 16.6. The van der Waals surface area contributed by atoms with Crippen molar-refractivity contribution in [1.29, 1.82) is 0 Å². The van der Waals surface area contributed by atoms with Crippen molar-refractivity contribution in [1.82, 2.24) is 20.9 Å². The Morgan fingerprint density at radius 3 is 2.15 bits per heavy atom. The average molecular weight is 828 g/mol. The summed E-state index contributed by atoms with van der Waals surface area (Å²) in [7, 11) is 0. The summed E-state index contributed by atoms with van der Waals surface area (Å²) >= 11 is 0. The number of alkyl carbamates (subject to hydrolysis) is 1. The SMILES string of the molecule is CCOC(=O)N1CCC(C(NC(=O)OCc2ccccc2)C(=O)N[C@@H](CCCNC(N)=O)C(=O)Nc2ccc(COC(=O)Nc3ccc4c(C)cc(=O)oc4c3)cc2)CC1. The second kappa shape index (κ2) is 21.6. The van der Waals surface area contributed by atoms with E-state index in [2.05, 4.69) is 26.6 Å². The van der Waals surface area contributed by atoms with E-state index in [0.29, 0.717) is 35.4 Å². The Balaban J connectivity index is 1.21. The van der Waals surface area contributed by atoms with Crippen LogP contribution in [0.15, 0.2) is 88.1 Å². The second-order valence-corrected chi connectivity index (χ2v) is 14.0. The van der Waals surface area contributed by atoms with Crippen LogP contribution in [0.5, 0.6) is 0 Å². The maximum absolute atomic E-state index is 14.0. The molecule has 1 aromatic heterocycles. The van der Waals surface area contributed by atoms with Gasteiger partial charge in [0.05, 0.1) is 6.61 Å². The van der Waals surface area contributed by atoms with E-state index < -0.39 is 59.8 Å². The predicted octanol–water partition coefficient (Wildman–Crippen LogP) is 4.89. The standard InChI is InChI=1S/C42H49N7O11/c1-3-57-42(56)49-20-17-29(18-21-49)36(48-41(55)59-24-27-8-5-4-6-9-27)38(52)47-33(10-7-19-44-39(43)53)37(51)45-30-13-11-28(12-14-30)25-58-40(54)46-31-15-16-32-26(2)22-35(50)60-34(32)23-31/h4-6,8-9,11-16,22-23,29,33,36H,3,7,10,17-21,24-25H2,1-2H3,(H,45,51)(H,46,54)(H,47,52)(H,48,55)(H3,43,44,53)/t33-,36?/m0/s1. The van der Waals surface area contributed by atoms with E-state index in [0.717, 1.165) is 16.5 Å². The highest BCUT2D eigenvalue weighted by Crippen LogP contribution is 2.24. The number of rotatable bonds is 16. The minimum Gasteiger partial charge on any atom is -0.450 e. The fraction of sp³-hybridized carbons (Fsp3) is 0.357. The number of hydrogen-bond donors (Lipinski definition) is 6. The molecular formula is C42H49N7O11. The monoisotopic (exact) mass is 827 g/mol. The number of anilines is 2. The topological polar surface area (TPSA) is 250 Å². The first kappa shape index (κ1) is 44.0. The van der Waals surface area contributed by atoms with Crippen molar-refractivity contribution in [3.05, 3.63) is 106 Å². The molecule has 0 aliphatic carbocycles. The maximum atomic E-state index is 14.0. The van der Waals surface area contributed by atoms with Gasteiger partial charge in [0.25, 0.3) is 0 Å². The fourth-order valence-electron chi connectivity index (χ4n) is 6.59. The Kier molecular flexibility index (Phi) is 15.8. The van der Waals surface area contributed by atoms with E-state index in [4.69, 9.17) is 24.4 Å². The number of aryl methyl sites for hydroxylation is 1. The number of urea groups is 1. The first-order chi connectivity index (χ1) is 28.9. The van der Waals surface area contributed by atoms with Crippen LogP contribution >= 0.6 is 0 Å². The summed E-state index contributed by atoms with van der Waals surface area (Å²) < 4.78 is 21.1. The number of carbonyl (C=O) groups is 6. The smallest absolute Gasteiger partial charge is 0.411 e. The second-order valence-electron chi connectivity index (χ2n) is 14.0. The molecule has 1 aliphatic heterocycles. The number of nitrogens with zero attached hydrogens (tertiary/aromatic N) is 1. The van der Waals surface area contributed by atoms with Gasteiger partial charge in [-0.05, 0) is 86.4 Å². The van der Waals surface area contributed by atoms with Gasteiger partial charge in [0.1, 0.15) is 30.9 Å². The summed E-state index contributed by atoms with van der Waals surface area (Å²) in [6, 6.07) is 18.8. The quantitative estimate of drug-likeness (QED) is 0.0504. The van der Waals surface area contributed by atoms with Crippen molar-refractivity contribution < 1.29 is 47.4 Å². The van der Waals surface area contributed by atoms with E-state index in [9.17, 15) is 33.6 Å². The lowest BCUT2D eigenvalue weighted by Crippen LogP contribution is -2.57. The lowest BCUT2D eigenvalue weighted by atomic mass is 9.88. The Labute approximate surface area is 345 Å². The molecule has 60 heavy (non-hydrogen) atoms. The molecule has 0 spiro atoms. The van der Waals surface area contributed by atoms with Crippen LogP contribution in [0.1, 0.15) is 49.3 Å². The largest absolute Gasteiger partial charge is 0.450 e. The minimum absolute atomic E-state index is 0.0364. The van der Waals surface area contributed by atoms with E-state index in [1.54, 1.807) is 74.5 Å². The first-order valence-electron chi connectivity index (χ1n) is 19.5. The van der Waals surface area contributed by atoms with Gasteiger partial charge in [-0.3, -0.25) is 14.9 Å². The van der Waals surface area contributed by atoms with Gasteiger partial charge in [0.15, 0.2) is 0 Å². The zero-order valence-corrected chi connectivity index (χ0v) is 33.3. The van der Waals surface area contributed by atoms with Gasteiger partial charge in [0.2, 0.25) is 11.8 Å². The van der Waals surface area contributed by atoms with Gasteiger partial charge in [-0.2, -0.15) is 0 Å². The predicted molar refractivity (Wildman–Crippen MR) is 220 cm³/mol. The summed E-state index contributed by atoms with van der Waals surface area (Å²) in [4.78, 5) is 90.3. The third kappa shape index (κ3) is 13.2. The molecule has 1 unspecified atom stereocenters. The molecule has 1 aliphatic rings. The number of benzene rings is 3. The summed E-state index contributed by atoms with van der Waals surface area (Å²) in [6.45, 7) is 4.27. The Morgan fingerprint density at radius 2 is 1.47 bits per heavy atom. The third-order valence-corrected chi connectivity index (χ3v) is 9.70. The van der Waals surface area contributed by atoms with Gasteiger partial charge >= 0.3 is 29.9 Å². The molecule has 2 heterocycles. The number of fused-ring (bicyclic) bond motifs is 1. The number of amides is 7. The molecular weight excluding hydrogens is 778 g/mol. The first-order valence-corrected chi connectivity index (χ1v) is 19.5. The summed E-state index contributed by atoms with van der Waals surface area (Å²) in [5, 5.41) is 14.1. The van der Waals surface area contributed by atoms with Crippen molar-refractivity contribution in [3.63, 3.8) is 0 Å². The van der Waals surface area contributed by atoms with Crippen LogP contribution in [-0.4, -0.2) is 79.3 Å². The maximum Gasteiger partial charge on any atom is 0.411 e. The van der Waals surface area contributed by atoms with Crippen LogP contribution in [0.25, 0.3) is 11.0 Å². The highest BCUT2D eigenvalue weighted by Gasteiger charge is 2.36. The molecule has 0 radical (unpaired) electrons. The molecule has 318 valence electrons. The van der Waals surface area contributed by atoms with Gasteiger partial charge in [-0.25, -0.2) is 24.0 Å². The molecule has 18 heteroatoms. The van der Waals surface area contributed by atoms with Crippen LogP contribution in [-0.2, 0) is 37.0 Å². The summed E-state index contributed by atoms with van der Waals surface area (Å²) in [5.74, 6) is -1.63. The highest BCUT2D eigenvalue weighted by molar-refractivity contribution is 5.98. The van der Waals surface area contributed by atoms with Crippen LogP contribution in [0.3, 0.4) is 0 Å². The molecule has 7 amide bonds. The molecule has 0 bridgehead atoms. The number of nitrogens with two attached hydrogens (primary N) is 1. The zero-order chi connectivity index (χ0) is 43.0. The van der Waals surface area contributed by atoms with Crippen molar-refractivity contribution in [2.45, 2.75) is 64.8 Å².